The number of ether oxygens (including phenoxy) is 1. The fourth-order valence-corrected chi connectivity index (χ4v) is 4.22. The summed E-state index contributed by atoms with van der Waals surface area (Å²) in [5.41, 5.74) is 3.30. The zero-order valence-corrected chi connectivity index (χ0v) is 19.2. The smallest absolute Gasteiger partial charge is 0.266 e. The van der Waals surface area contributed by atoms with Crippen LogP contribution in [0.25, 0.3) is 11.0 Å². The fraction of sp³-hybridized carbons (Fsp3) is 0.185. The lowest BCUT2D eigenvalue weighted by Crippen LogP contribution is -2.29. The van der Waals surface area contributed by atoms with Crippen LogP contribution in [0.1, 0.15) is 44.4 Å². The number of carbonyl (C=O) groups is 3. The first kappa shape index (κ1) is 22.3. The first-order valence-electron chi connectivity index (χ1n) is 11.5. The minimum absolute atomic E-state index is 0.224. The van der Waals surface area contributed by atoms with Crippen molar-refractivity contribution in [1.82, 2.24) is 14.9 Å². The number of fused-ring (bicyclic) bond motifs is 2. The SMILES string of the molecule is CCOc1ccc(N2C(=O)c3ccc(C(=O)NCCCn4cnc5ccccc54)cc3C2=O)cc1. The van der Waals surface area contributed by atoms with E-state index in [1.165, 1.54) is 12.1 Å². The van der Waals surface area contributed by atoms with Gasteiger partial charge in [0.1, 0.15) is 5.75 Å². The largest absolute Gasteiger partial charge is 0.494 e. The number of aryl methyl sites for hydroxylation is 1. The van der Waals surface area contributed by atoms with E-state index in [9.17, 15) is 14.4 Å². The number of carbonyl (C=O) groups excluding carboxylic acids is 3. The number of anilines is 1. The molecule has 5 rings (SSSR count). The Morgan fingerprint density at radius 1 is 0.971 bits per heavy atom. The number of hydrogen-bond acceptors (Lipinski definition) is 5. The van der Waals surface area contributed by atoms with Crippen LogP contribution in [0.4, 0.5) is 5.69 Å². The molecule has 3 amide bonds. The molecule has 0 unspecified atom stereocenters. The van der Waals surface area contributed by atoms with Gasteiger partial charge in [-0.05, 0) is 67.9 Å². The molecule has 1 N–H and O–H groups in total. The molecule has 1 aromatic heterocycles. The molecule has 176 valence electrons. The summed E-state index contributed by atoms with van der Waals surface area (Å²) in [7, 11) is 0. The Labute approximate surface area is 202 Å². The zero-order valence-electron chi connectivity index (χ0n) is 19.2. The molecule has 3 aromatic carbocycles. The molecule has 0 fully saturated rings. The van der Waals surface area contributed by atoms with Crippen LogP contribution in [0.2, 0.25) is 0 Å². The van der Waals surface area contributed by atoms with Crippen LogP contribution in [0.3, 0.4) is 0 Å². The summed E-state index contributed by atoms with van der Waals surface area (Å²) in [6, 6.07) is 19.3. The van der Waals surface area contributed by atoms with Crippen LogP contribution in [0.15, 0.2) is 73.1 Å². The Morgan fingerprint density at radius 2 is 1.74 bits per heavy atom. The number of nitrogens with zero attached hydrogens (tertiary/aromatic N) is 3. The lowest BCUT2D eigenvalue weighted by Gasteiger charge is -2.14. The molecule has 0 spiro atoms. The second kappa shape index (κ2) is 9.42. The van der Waals surface area contributed by atoms with Crippen LogP contribution in [-0.2, 0) is 6.54 Å². The van der Waals surface area contributed by atoms with Gasteiger partial charge in [-0.3, -0.25) is 14.4 Å². The van der Waals surface area contributed by atoms with E-state index in [1.807, 2.05) is 31.2 Å². The number of nitrogens with one attached hydrogen (secondary N) is 1. The molecule has 0 atom stereocenters. The summed E-state index contributed by atoms with van der Waals surface area (Å²) in [6.07, 6.45) is 2.52. The van der Waals surface area contributed by atoms with Gasteiger partial charge in [0.25, 0.3) is 17.7 Å². The van der Waals surface area contributed by atoms with Gasteiger partial charge in [0.15, 0.2) is 0 Å². The highest BCUT2D eigenvalue weighted by atomic mass is 16.5. The van der Waals surface area contributed by atoms with Gasteiger partial charge in [0.2, 0.25) is 0 Å². The third kappa shape index (κ3) is 4.26. The van der Waals surface area contributed by atoms with Gasteiger partial charge in [0.05, 0.1) is 40.8 Å². The van der Waals surface area contributed by atoms with E-state index in [1.54, 1.807) is 36.7 Å². The maximum absolute atomic E-state index is 13.0. The molecule has 1 aliphatic heterocycles. The number of para-hydroxylation sites is 2. The summed E-state index contributed by atoms with van der Waals surface area (Å²) in [4.78, 5) is 44.1. The Hall–Kier alpha value is -4.46. The maximum Gasteiger partial charge on any atom is 0.266 e. The standard InChI is InChI=1S/C27H24N4O4/c1-2-35-20-11-9-19(10-12-20)31-26(33)21-13-8-18(16-22(21)27(31)34)25(32)28-14-5-15-30-17-29-23-6-3-4-7-24(23)30/h3-4,6-13,16-17H,2,5,14-15H2,1H3,(H,28,32). The Bertz CT molecular complexity index is 1420. The number of rotatable bonds is 8. The van der Waals surface area contributed by atoms with E-state index >= 15 is 0 Å². The minimum atomic E-state index is -0.448. The molecule has 2 heterocycles. The molecule has 0 radical (unpaired) electrons. The van der Waals surface area contributed by atoms with Crippen LogP contribution in [0, 0.1) is 0 Å². The van der Waals surface area contributed by atoms with E-state index in [0.29, 0.717) is 30.2 Å². The highest BCUT2D eigenvalue weighted by Gasteiger charge is 2.37. The number of benzene rings is 3. The van der Waals surface area contributed by atoms with Crippen molar-refractivity contribution in [3.8, 4) is 5.75 Å². The fourth-order valence-electron chi connectivity index (χ4n) is 4.22. The first-order chi connectivity index (χ1) is 17.1. The average molecular weight is 469 g/mol. The summed E-state index contributed by atoms with van der Waals surface area (Å²) in [6.45, 7) is 3.59. The van der Waals surface area contributed by atoms with Gasteiger partial charge in [-0.15, -0.1) is 0 Å². The topological polar surface area (TPSA) is 93.5 Å². The molecule has 4 aromatic rings. The number of imidazole rings is 1. The quantitative estimate of drug-likeness (QED) is 0.311. The summed E-state index contributed by atoms with van der Waals surface area (Å²) >= 11 is 0. The van der Waals surface area contributed by atoms with Crippen molar-refractivity contribution >= 4 is 34.4 Å². The zero-order chi connectivity index (χ0) is 24.4. The highest BCUT2D eigenvalue weighted by molar-refractivity contribution is 6.34. The molecule has 0 saturated carbocycles. The van der Waals surface area contributed by atoms with Crippen molar-refractivity contribution in [3.63, 3.8) is 0 Å². The van der Waals surface area contributed by atoms with Gasteiger partial charge in [-0.2, -0.15) is 0 Å². The average Bonchev–Trinajstić information content (AvgIpc) is 3.40. The van der Waals surface area contributed by atoms with Crippen molar-refractivity contribution in [2.45, 2.75) is 19.9 Å². The van der Waals surface area contributed by atoms with E-state index in [-0.39, 0.29) is 17.0 Å². The summed E-state index contributed by atoms with van der Waals surface area (Å²) in [5.74, 6) is -0.486. The van der Waals surface area contributed by atoms with Crippen LogP contribution >= 0.6 is 0 Å². The number of imide groups is 1. The van der Waals surface area contributed by atoms with Crippen LogP contribution in [0.5, 0.6) is 5.75 Å². The van der Waals surface area contributed by atoms with Crippen LogP contribution < -0.4 is 15.0 Å². The highest BCUT2D eigenvalue weighted by Crippen LogP contribution is 2.30. The summed E-state index contributed by atoms with van der Waals surface area (Å²) in [5, 5.41) is 2.89. The molecule has 1 aliphatic rings. The second-order valence-electron chi connectivity index (χ2n) is 8.17. The van der Waals surface area contributed by atoms with Crippen molar-refractivity contribution < 1.29 is 19.1 Å². The second-order valence-corrected chi connectivity index (χ2v) is 8.17. The number of aromatic nitrogens is 2. The molecular formula is C27H24N4O4. The van der Waals surface area contributed by atoms with Crippen LogP contribution in [-0.4, -0.2) is 40.4 Å². The Balaban J connectivity index is 1.23. The van der Waals surface area contributed by atoms with Gasteiger partial charge < -0.3 is 14.6 Å². The molecule has 35 heavy (non-hydrogen) atoms. The molecule has 8 heteroatoms. The van der Waals surface area contributed by atoms with Gasteiger partial charge >= 0.3 is 0 Å². The molecule has 0 aliphatic carbocycles. The van der Waals surface area contributed by atoms with Crippen molar-refractivity contribution in [2.24, 2.45) is 0 Å². The number of hydrogen-bond donors (Lipinski definition) is 1. The number of amides is 3. The predicted molar refractivity (Wildman–Crippen MR) is 132 cm³/mol. The predicted octanol–water partition coefficient (Wildman–Crippen LogP) is 4.06. The van der Waals surface area contributed by atoms with Crippen molar-refractivity contribution in [2.75, 3.05) is 18.1 Å². The van der Waals surface area contributed by atoms with E-state index < -0.39 is 11.8 Å². The minimum Gasteiger partial charge on any atom is -0.494 e. The molecule has 8 nitrogen and oxygen atoms in total. The van der Waals surface area contributed by atoms with Crippen molar-refractivity contribution in [1.29, 1.82) is 0 Å². The lowest BCUT2D eigenvalue weighted by molar-refractivity contribution is 0.0923. The summed E-state index contributed by atoms with van der Waals surface area (Å²) < 4.78 is 7.48. The third-order valence-electron chi connectivity index (χ3n) is 5.94. The first-order valence-corrected chi connectivity index (χ1v) is 11.5. The maximum atomic E-state index is 13.0. The normalized spacial score (nSPS) is 12.8. The van der Waals surface area contributed by atoms with Crippen molar-refractivity contribution in [3.05, 3.63) is 89.7 Å². The Morgan fingerprint density at radius 3 is 2.54 bits per heavy atom. The molecule has 0 bridgehead atoms. The molecule has 0 saturated heterocycles. The third-order valence-corrected chi connectivity index (χ3v) is 5.94. The van der Waals surface area contributed by atoms with Gasteiger partial charge in [-0.1, -0.05) is 12.1 Å². The van der Waals surface area contributed by atoms with E-state index in [4.69, 9.17) is 4.74 Å². The van der Waals surface area contributed by atoms with Gasteiger partial charge in [-0.25, -0.2) is 9.88 Å². The van der Waals surface area contributed by atoms with E-state index in [0.717, 1.165) is 28.9 Å². The Kier molecular flexibility index (Phi) is 6.01. The van der Waals surface area contributed by atoms with Gasteiger partial charge in [0, 0.05) is 18.7 Å². The van der Waals surface area contributed by atoms with E-state index in [2.05, 4.69) is 14.9 Å². The monoisotopic (exact) mass is 468 g/mol. The lowest BCUT2D eigenvalue weighted by atomic mass is 10.1. The molecular weight excluding hydrogens is 444 g/mol.